The van der Waals surface area contributed by atoms with Gasteiger partial charge in [0.15, 0.2) is 18.1 Å². The Bertz CT molecular complexity index is 1410. The highest BCUT2D eigenvalue weighted by atomic mass is 16.5. The first kappa shape index (κ1) is 30.1. The number of ether oxygens (including phenoxy) is 3. The van der Waals surface area contributed by atoms with Crippen molar-refractivity contribution in [2.75, 3.05) is 33.4 Å². The van der Waals surface area contributed by atoms with Gasteiger partial charge in [-0.3, -0.25) is 9.69 Å². The monoisotopic (exact) mass is 568 g/mol. The number of carboxylic acid groups (broad SMARTS) is 1. The molecule has 0 aromatic heterocycles. The van der Waals surface area contributed by atoms with Crippen LogP contribution >= 0.6 is 0 Å². The molecule has 0 radical (unpaired) electrons. The maximum Gasteiger partial charge on any atom is 0.341 e. The summed E-state index contributed by atoms with van der Waals surface area (Å²) in [5, 5.41) is 9.15. The molecular formula is C34H36N2O6. The number of nitrogens with two attached hydrogens (primary N) is 1. The lowest BCUT2D eigenvalue weighted by atomic mass is 9.90. The molecule has 0 bridgehead atoms. The van der Waals surface area contributed by atoms with Gasteiger partial charge >= 0.3 is 5.97 Å². The lowest BCUT2D eigenvalue weighted by Gasteiger charge is -2.29. The van der Waals surface area contributed by atoms with Gasteiger partial charge in [-0.1, -0.05) is 78.9 Å². The van der Waals surface area contributed by atoms with Crippen molar-refractivity contribution in [1.29, 1.82) is 0 Å². The van der Waals surface area contributed by atoms with Crippen LogP contribution < -0.4 is 19.9 Å². The number of carbonyl (C=O) groups excluding carboxylic acids is 1. The summed E-state index contributed by atoms with van der Waals surface area (Å²) in [7, 11) is 1.52. The fraction of sp³-hybridized carbons (Fsp3) is 0.235. The Kier molecular flexibility index (Phi) is 10.9. The van der Waals surface area contributed by atoms with Gasteiger partial charge in [-0.2, -0.15) is 0 Å². The number of carboxylic acids is 1. The second-order valence-electron chi connectivity index (χ2n) is 9.83. The molecule has 0 saturated carbocycles. The van der Waals surface area contributed by atoms with E-state index in [0.717, 1.165) is 12.1 Å². The second kappa shape index (κ2) is 15.3. The summed E-state index contributed by atoms with van der Waals surface area (Å²) in [6.45, 7) is 1.99. The van der Waals surface area contributed by atoms with Crippen molar-refractivity contribution in [1.82, 2.24) is 4.90 Å². The third-order valence-electron chi connectivity index (χ3n) is 6.89. The number of carbonyl (C=O) groups is 2. The van der Waals surface area contributed by atoms with Gasteiger partial charge in [0.2, 0.25) is 5.91 Å². The molecule has 0 fully saturated rings. The summed E-state index contributed by atoms with van der Waals surface area (Å²) in [5.74, 6) is 0.0906. The van der Waals surface area contributed by atoms with Gasteiger partial charge in [0, 0.05) is 36.7 Å². The molecule has 42 heavy (non-hydrogen) atoms. The molecular weight excluding hydrogens is 532 g/mol. The number of aliphatic carboxylic acids is 1. The first-order valence-corrected chi connectivity index (χ1v) is 13.8. The molecule has 0 unspecified atom stereocenters. The zero-order valence-electron chi connectivity index (χ0n) is 23.6. The first-order valence-electron chi connectivity index (χ1n) is 13.8. The summed E-state index contributed by atoms with van der Waals surface area (Å²) >= 11 is 0. The second-order valence-corrected chi connectivity index (χ2v) is 9.83. The molecule has 8 heteroatoms. The Morgan fingerprint density at radius 3 is 2.07 bits per heavy atom. The topological polar surface area (TPSA) is 111 Å². The largest absolute Gasteiger partial charge is 0.493 e. The van der Waals surface area contributed by atoms with E-state index in [1.54, 1.807) is 24.3 Å². The number of para-hydroxylation sites is 1. The fourth-order valence-electron chi connectivity index (χ4n) is 4.83. The van der Waals surface area contributed by atoms with Crippen molar-refractivity contribution < 1.29 is 28.9 Å². The molecule has 218 valence electrons. The van der Waals surface area contributed by atoms with E-state index in [9.17, 15) is 9.59 Å². The number of benzene rings is 4. The van der Waals surface area contributed by atoms with E-state index >= 15 is 0 Å². The van der Waals surface area contributed by atoms with E-state index in [4.69, 9.17) is 25.1 Å². The van der Waals surface area contributed by atoms with E-state index in [0.29, 0.717) is 48.9 Å². The molecule has 0 heterocycles. The summed E-state index contributed by atoms with van der Waals surface area (Å²) in [6, 6.07) is 33.2. The quantitative estimate of drug-likeness (QED) is 0.175. The van der Waals surface area contributed by atoms with Crippen molar-refractivity contribution in [2.45, 2.75) is 18.9 Å². The minimum Gasteiger partial charge on any atom is -0.493 e. The lowest BCUT2D eigenvalue weighted by Crippen LogP contribution is -2.31. The maximum absolute atomic E-state index is 11.5. The molecule has 4 aromatic rings. The van der Waals surface area contributed by atoms with Gasteiger partial charge in [0.05, 0.1) is 13.7 Å². The normalized spacial score (nSPS) is 10.9. The number of hydrogen-bond donors (Lipinski definition) is 2. The molecule has 8 nitrogen and oxygen atoms in total. The highest BCUT2D eigenvalue weighted by Crippen LogP contribution is 2.30. The molecule has 4 rings (SSSR count). The van der Waals surface area contributed by atoms with E-state index in [-0.39, 0.29) is 5.92 Å². The number of rotatable bonds is 16. The summed E-state index contributed by atoms with van der Waals surface area (Å²) in [4.78, 5) is 25.1. The van der Waals surface area contributed by atoms with Gasteiger partial charge in [-0.25, -0.2) is 4.79 Å². The van der Waals surface area contributed by atoms with Crippen molar-refractivity contribution >= 4 is 11.9 Å². The van der Waals surface area contributed by atoms with Crippen LogP contribution in [0.2, 0.25) is 0 Å². The third-order valence-corrected chi connectivity index (χ3v) is 6.89. The lowest BCUT2D eigenvalue weighted by molar-refractivity contribution is -0.139. The minimum atomic E-state index is -1.02. The molecule has 0 saturated heterocycles. The standard InChI is InChI=1S/C34H36N2O6/c1-40-32-21-27(34(35)39)17-18-31(32)41-20-10-19-36(22-28-15-8-9-16-30(28)42-24-33(37)38)23-29(25-11-4-2-5-12-25)26-13-6-3-7-14-26/h2-9,11-18,21,29H,10,19-20,22-24H2,1H3,(H2,35,39)(H,37,38). The third kappa shape index (κ3) is 8.59. The number of primary amides is 1. The Hall–Kier alpha value is -4.82. The van der Waals surface area contributed by atoms with Gasteiger partial charge in [-0.15, -0.1) is 0 Å². The SMILES string of the molecule is COc1cc(C(N)=O)ccc1OCCCN(Cc1ccccc1OCC(=O)O)CC(c1ccccc1)c1ccccc1. The smallest absolute Gasteiger partial charge is 0.341 e. The zero-order valence-corrected chi connectivity index (χ0v) is 23.6. The highest BCUT2D eigenvalue weighted by molar-refractivity contribution is 5.93. The van der Waals surface area contributed by atoms with Gasteiger partial charge in [-0.05, 0) is 41.8 Å². The van der Waals surface area contributed by atoms with Crippen LogP contribution in [-0.4, -0.2) is 55.3 Å². The van der Waals surface area contributed by atoms with Crippen molar-refractivity contribution in [2.24, 2.45) is 5.73 Å². The Morgan fingerprint density at radius 1 is 0.810 bits per heavy atom. The van der Waals surface area contributed by atoms with Crippen LogP contribution in [0.1, 0.15) is 39.4 Å². The van der Waals surface area contributed by atoms with Crippen LogP contribution in [0.25, 0.3) is 0 Å². The fourth-order valence-corrected chi connectivity index (χ4v) is 4.83. The predicted molar refractivity (Wildman–Crippen MR) is 161 cm³/mol. The Balaban J connectivity index is 1.54. The summed E-state index contributed by atoms with van der Waals surface area (Å²) in [6.07, 6.45) is 0.704. The van der Waals surface area contributed by atoms with Crippen LogP contribution in [-0.2, 0) is 11.3 Å². The predicted octanol–water partition coefficient (Wildman–Crippen LogP) is 5.36. The highest BCUT2D eigenvalue weighted by Gasteiger charge is 2.20. The average molecular weight is 569 g/mol. The van der Waals surface area contributed by atoms with Crippen molar-refractivity contribution in [3.05, 3.63) is 125 Å². The van der Waals surface area contributed by atoms with Crippen LogP contribution in [0.5, 0.6) is 17.2 Å². The van der Waals surface area contributed by atoms with Gasteiger partial charge in [0.1, 0.15) is 5.75 Å². The summed E-state index contributed by atoms with van der Waals surface area (Å²) < 4.78 is 17.0. The van der Waals surface area contributed by atoms with Crippen molar-refractivity contribution in [3.63, 3.8) is 0 Å². The van der Waals surface area contributed by atoms with Crippen LogP contribution in [0.15, 0.2) is 103 Å². The molecule has 0 aliphatic rings. The minimum absolute atomic E-state index is 0.113. The number of hydrogen-bond acceptors (Lipinski definition) is 6. The van der Waals surface area contributed by atoms with Crippen LogP contribution in [0, 0.1) is 0 Å². The molecule has 4 aromatic carbocycles. The first-order chi connectivity index (χ1) is 20.4. The maximum atomic E-state index is 11.5. The van der Waals surface area contributed by atoms with E-state index in [1.165, 1.54) is 18.2 Å². The van der Waals surface area contributed by atoms with Crippen LogP contribution in [0.3, 0.4) is 0 Å². The van der Waals surface area contributed by atoms with Gasteiger partial charge < -0.3 is 25.1 Å². The van der Waals surface area contributed by atoms with E-state index < -0.39 is 18.5 Å². The average Bonchev–Trinajstić information content (AvgIpc) is 3.02. The molecule has 1 amide bonds. The zero-order chi connectivity index (χ0) is 29.7. The number of amides is 1. The molecule has 0 atom stereocenters. The molecule has 0 aliphatic carbocycles. The Labute approximate surface area is 246 Å². The van der Waals surface area contributed by atoms with Gasteiger partial charge in [0.25, 0.3) is 0 Å². The van der Waals surface area contributed by atoms with Crippen LogP contribution in [0.4, 0.5) is 0 Å². The number of nitrogens with zero attached hydrogens (tertiary/aromatic N) is 1. The Morgan fingerprint density at radius 2 is 1.45 bits per heavy atom. The number of methoxy groups -OCH3 is 1. The molecule has 3 N–H and O–H groups in total. The van der Waals surface area contributed by atoms with E-state index in [1.807, 2.05) is 30.3 Å². The molecule has 0 spiro atoms. The van der Waals surface area contributed by atoms with E-state index in [2.05, 4.69) is 53.4 Å². The summed E-state index contributed by atoms with van der Waals surface area (Å²) in [5.41, 5.74) is 9.07. The molecule has 0 aliphatic heterocycles. The van der Waals surface area contributed by atoms with Crippen molar-refractivity contribution in [3.8, 4) is 17.2 Å².